The second-order valence-corrected chi connectivity index (χ2v) is 6.80. The molecule has 1 saturated carbocycles. The molecule has 1 saturated heterocycles. The SMILES string of the molecule is Cc1nc(C2CCCN(C(=O)C3CC3c3cccc(F)c3)C2)no1. The van der Waals surface area contributed by atoms with E-state index in [4.69, 9.17) is 4.52 Å². The topological polar surface area (TPSA) is 59.2 Å². The lowest BCUT2D eigenvalue weighted by Crippen LogP contribution is -2.40. The van der Waals surface area contributed by atoms with Crippen LogP contribution < -0.4 is 0 Å². The van der Waals surface area contributed by atoms with Crippen molar-refractivity contribution in [3.05, 3.63) is 47.4 Å². The zero-order valence-electron chi connectivity index (χ0n) is 13.6. The molecule has 24 heavy (non-hydrogen) atoms. The summed E-state index contributed by atoms with van der Waals surface area (Å²) < 4.78 is 18.4. The van der Waals surface area contributed by atoms with Gasteiger partial charge in [0.2, 0.25) is 11.8 Å². The second-order valence-electron chi connectivity index (χ2n) is 6.80. The summed E-state index contributed by atoms with van der Waals surface area (Å²) in [5.74, 6) is 1.47. The Balaban J connectivity index is 1.42. The fraction of sp³-hybridized carbons (Fsp3) is 0.500. The molecule has 6 heteroatoms. The highest BCUT2D eigenvalue weighted by atomic mass is 19.1. The number of hydrogen-bond acceptors (Lipinski definition) is 4. The molecule has 2 aliphatic rings. The van der Waals surface area contributed by atoms with Crippen molar-refractivity contribution in [3.8, 4) is 0 Å². The fourth-order valence-corrected chi connectivity index (χ4v) is 3.68. The summed E-state index contributed by atoms with van der Waals surface area (Å²) in [6, 6.07) is 6.59. The third-order valence-corrected chi connectivity index (χ3v) is 5.03. The Kier molecular flexibility index (Phi) is 3.82. The number of halogens is 1. The molecule has 1 aliphatic heterocycles. The highest BCUT2D eigenvalue weighted by Gasteiger charge is 2.46. The number of likely N-dealkylation sites (tertiary alicyclic amines) is 1. The number of nitrogens with zero attached hydrogens (tertiary/aromatic N) is 3. The Morgan fingerprint density at radius 2 is 2.29 bits per heavy atom. The van der Waals surface area contributed by atoms with E-state index in [0.717, 1.165) is 31.4 Å². The van der Waals surface area contributed by atoms with Crippen molar-refractivity contribution in [1.82, 2.24) is 15.0 Å². The molecule has 0 radical (unpaired) electrons. The second kappa shape index (κ2) is 6.00. The van der Waals surface area contributed by atoms with Gasteiger partial charge in [-0.05, 0) is 42.9 Å². The highest BCUT2D eigenvalue weighted by Crippen LogP contribution is 2.49. The molecule has 1 amide bonds. The van der Waals surface area contributed by atoms with Gasteiger partial charge in [0.1, 0.15) is 5.82 Å². The smallest absolute Gasteiger partial charge is 0.226 e. The quantitative estimate of drug-likeness (QED) is 0.868. The van der Waals surface area contributed by atoms with Gasteiger partial charge in [-0.1, -0.05) is 17.3 Å². The molecule has 1 aliphatic carbocycles. The predicted octanol–water partition coefficient (Wildman–Crippen LogP) is 3.03. The number of aryl methyl sites for hydroxylation is 1. The minimum Gasteiger partial charge on any atom is -0.342 e. The molecule has 4 rings (SSSR count). The Morgan fingerprint density at radius 3 is 3.04 bits per heavy atom. The van der Waals surface area contributed by atoms with E-state index < -0.39 is 0 Å². The van der Waals surface area contributed by atoms with Gasteiger partial charge < -0.3 is 9.42 Å². The van der Waals surface area contributed by atoms with E-state index in [1.54, 1.807) is 19.1 Å². The molecule has 2 aromatic rings. The lowest BCUT2D eigenvalue weighted by Gasteiger charge is -2.31. The zero-order chi connectivity index (χ0) is 16.7. The molecule has 126 valence electrons. The number of carbonyl (C=O) groups excluding carboxylic acids is 1. The summed E-state index contributed by atoms with van der Waals surface area (Å²) in [5, 5.41) is 4.00. The third kappa shape index (κ3) is 2.92. The van der Waals surface area contributed by atoms with E-state index in [9.17, 15) is 9.18 Å². The van der Waals surface area contributed by atoms with Gasteiger partial charge in [-0.3, -0.25) is 4.79 Å². The molecule has 1 aromatic heterocycles. The van der Waals surface area contributed by atoms with Gasteiger partial charge in [-0.2, -0.15) is 4.98 Å². The number of amides is 1. The van der Waals surface area contributed by atoms with Gasteiger partial charge in [0.25, 0.3) is 0 Å². The first-order chi connectivity index (χ1) is 11.6. The average Bonchev–Trinajstić information content (AvgIpc) is 3.28. The summed E-state index contributed by atoms with van der Waals surface area (Å²) in [6.07, 6.45) is 2.73. The van der Waals surface area contributed by atoms with Gasteiger partial charge in [0, 0.05) is 31.8 Å². The standard InChI is InChI=1S/C18H20FN3O2/c1-11-20-17(21-24-11)13-5-3-7-22(10-13)18(23)16-9-15(16)12-4-2-6-14(19)8-12/h2,4,6,8,13,15-16H,3,5,7,9-10H2,1H3. The molecule has 0 bridgehead atoms. The molecule has 2 fully saturated rings. The molecule has 1 aromatic carbocycles. The van der Waals surface area contributed by atoms with Crippen LogP contribution in [0.4, 0.5) is 4.39 Å². The molecule has 3 unspecified atom stereocenters. The normalized spacial score (nSPS) is 26.4. The maximum atomic E-state index is 13.4. The van der Waals surface area contributed by atoms with Gasteiger partial charge >= 0.3 is 0 Å². The van der Waals surface area contributed by atoms with Gasteiger partial charge in [-0.25, -0.2) is 4.39 Å². The molecule has 2 heterocycles. The molecule has 3 atom stereocenters. The van der Waals surface area contributed by atoms with Crippen LogP contribution in [0.3, 0.4) is 0 Å². The summed E-state index contributed by atoms with van der Waals surface area (Å²) in [5.41, 5.74) is 0.927. The van der Waals surface area contributed by atoms with Crippen molar-refractivity contribution in [3.63, 3.8) is 0 Å². The maximum absolute atomic E-state index is 13.4. The molecule has 0 N–H and O–H groups in total. The Hall–Kier alpha value is -2.24. The van der Waals surface area contributed by atoms with Crippen LogP contribution in [0.1, 0.15) is 48.4 Å². The van der Waals surface area contributed by atoms with E-state index >= 15 is 0 Å². The highest BCUT2D eigenvalue weighted by molar-refractivity contribution is 5.83. The number of carbonyl (C=O) groups is 1. The lowest BCUT2D eigenvalue weighted by molar-refractivity contribution is -0.133. The number of benzene rings is 1. The largest absolute Gasteiger partial charge is 0.342 e. The average molecular weight is 329 g/mol. The number of rotatable bonds is 3. The van der Waals surface area contributed by atoms with Crippen LogP contribution in [0.5, 0.6) is 0 Å². The fourth-order valence-electron chi connectivity index (χ4n) is 3.68. The van der Waals surface area contributed by atoms with E-state index in [1.165, 1.54) is 6.07 Å². The van der Waals surface area contributed by atoms with E-state index in [2.05, 4.69) is 10.1 Å². The van der Waals surface area contributed by atoms with Crippen LogP contribution in [0, 0.1) is 18.7 Å². The predicted molar refractivity (Wildman–Crippen MR) is 84.8 cm³/mol. The number of piperidine rings is 1. The lowest BCUT2D eigenvalue weighted by atomic mass is 9.96. The van der Waals surface area contributed by atoms with Crippen molar-refractivity contribution in [2.45, 2.75) is 38.0 Å². The summed E-state index contributed by atoms with van der Waals surface area (Å²) in [7, 11) is 0. The summed E-state index contributed by atoms with van der Waals surface area (Å²) in [6.45, 7) is 3.19. The minimum absolute atomic E-state index is 0.0162. The van der Waals surface area contributed by atoms with E-state index in [0.29, 0.717) is 18.3 Å². The molecular formula is C18H20FN3O2. The van der Waals surface area contributed by atoms with Crippen molar-refractivity contribution in [1.29, 1.82) is 0 Å². The van der Waals surface area contributed by atoms with E-state index in [1.807, 2.05) is 11.0 Å². The van der Waals surface area contributed by atoms with Gasteiger partial charge in [-0.15, -0.1) is 0 Å². The van der Waals surface area contributed by atoms with Crippen LogP contribution in [0.15, 0.2) is 28.8 Å². The van der Waals surface area contributed by atoms with Crippen LogP contribution in [0.25, 0.3) is 0 Å². The van der Waals surface area contributed by atoms with E-state index in [-0.39, 0.29) is 29.5 Å². The van der Waals surface area contributed by atoms with Crippen molar-refractivity contribution in [2.24, 2.45) is 5.92 Å². The van der Waals surface area contributed by atoms with Crippen molar-refractivity contribution >= 4 is 5.91 Å². The van der Waals surface area contributed by atoms with Crippen LogP contribution in [0.2, 0.25) is 0 Å². The molecule has 0 spiro atoms. The van der Waals surface area contributed by atoms with Crippen molar-refractivity contribution < 1.29 is 13.7 Å². The summed E-state index contributed by atoms with van der Waals surface area (Å²) >= 11 is 0. The maximum Gasteiger partial charge on any atom is 0.226 e. The monoisotopic (exact) mass is 329 g/mol. The summed E-state index contributed by atoms with van der Waals surface area (Å²) in [4.78, 5) is 19.0. The Bertz CT molecular complexity index is 760. The Labute approximate surface area is 139 Å². The number of hydrogen-bond donors (Lipinski definition) is 0. The minimum atomic E-state index is -0.240. The third-order valence-electron chi connectivity index (χ3n) is 5.03. The molecule has 5 nitrogen and oxygen atoms in total. The van der Waals surface area contributed by atoms with Gasteiger partial charge in [0.15, 0.2) is 5.82 Å². The van der Waals surface area contributed by atoms with Gasteiger partial charge in [0.05, 0.1) is 0 Å². The first kappa shape index (κ1) is 15.3. The number of aromatic nitrogens is 2. The Morgan fingerprint density at radius 1 is 1.42 bits per heavy atom. The van der Waals surface area contributed by atoms with Crippen LogP contribution in [-0.4, -0.2) is 34.0 Å². The zero-order valence-corrected chi connectivity index (χ0v) is 13.6. The van der Waals surface area contributed by atoms with Crippen molar-refractivity contribution in [2.75, 3.05) is 13.1 Å². The first-order valence-electron chi connectivity index (χ1n) is 8.46. The van der Waals surface area contributed by atoms with Crippen LogP contribution >= 0.6 is 0 Å². The molecular weight excluding hydrogens is 309 g/mol. The van der Waals surface area contributed by atoms with Crippen LogP contribution in [-0.2, 0) is 4.79 Å². The first-order valence-corrected chi connectivity index (χ1v) is 8.46.